The van der Waals surface area contributed by atoms with E-state index in [9.17, 15) is 14.4 Å². The summed E-state index contributed by atoms with van der Waals surface area (Å²) >= 11 is 0.980. The summed E-state index contributed by atoms with van der Waals surface area (Å²) in [5.74, 6) is 0.526. The number of piperidine rings is 1. The van der Waals surface area contributed by atoms with Crippen molar-refractivity contribution in [3.63, 3.8) is 0 Å². The zero-order valence-corrected chi connectivity index (χ0v) is 20.7. The molecule has 3 heterocycles. The third-order valence-electron chi connectivity index (χ3n) is 6.89. The zero-order chi connectivity index (χ0) is 24.4. The van der Waals surface area contributed by atoms with Crippen molar-refractivity contribution < 1.29 is 14.4 Å². The van der Waals surface area contributed by atoms with Gasteiger partial charge in [-0.25, -0.2) is 0 Å². The Labute approximate surface area is 209 Å². The van der Waals surface area contributed by atoms with Crippen LogP contribution >= 0.6 is 11.8 Å². The number of hydrogen-bond donors (Lipinski definition) is 0. The van der Waals surface area contributed by atoms with E-state index in [1.165, 1.54) is 4.90 Å². The van der Waals surface area contributed by atoms with E-state index in [0.29, 0.717) is 23.8 Å². The van der Waals surface area contributed by atoms with E-state index in [2.05, 4.69) is 6.92 Å². The van der Waals surface area contributed by atoms with Crippen molar-refractivity contribution >= 4 is 45.8 Å². The molecular formula is C28H29N3O3S. The number of rotatable bonds is 6. The first-order chi connectivity index (χ1) is 17.0. The van der Waals surface area contributed by atoms with Crippen molar-refractivity contribution in [1.29, 1.82) is 0 Å². The summed E-state index contributed by atoms with van der Waals surface area (Å²) in [6, 6.07) is 17.7. The van der Waals surface area contributed by atoms with Crippen molar-refractivity contribution in [2.45, 2.75) is 32.7 Å². The van der Waals surface area contributed by atoms with E-state index in [-0.39, 0.29) is 23.6 Å². The van der Waals surface area contributed by atoms with Gasteiger partial charge < -0.3 is 9.47 Å². The van der Waals surface area contributed by atoms with Crippen LogP contribution in [-0.4, -0.2) is 51.1 Å². The number of amides is 3. The fourth-order valence-corrected chi connectivity index (χ4v) is 5.60. The topological polar surface area (TPSA) is 62.6 Å². The number of fused-ring (bicyclic) bond motifs is 1. The lowest BCUT2D eigenvalue weighted by molar-refractivity contribution is -0.133. The van der Waals surface area contributed by atoms with Gasteiger partial charge in [0.2, 0.25) is 5.91 Å². The molecule has 35 heavy (non-hydrogen) atoms. The highest BCUT2D eigenvalue weighted by molar-refractivity contribution is 8.18. The summed E-state index contributed by atoms with van der Waals surface area (Å²) in [6.45, 7) is 4.47. The number of carbonyl (C=O) groups is 3. The molecular weight excluding hydrogens is 458 g/mol. The summed E-state index contributed by atoms with van der Waals surface area (Å²) in [6.07, 6.45) is 6.43. The summed E-state index contributed by atoms with van der Waals surface area (Å²) in [4.78, 5) is 42.3. The maximum Gasteiger partial charge on any atom is 0.293 e. The van der Waals surface area contributed by atoms with Gasteiger partial charge in [-0.2, -0.15) is 0 Å². The van der Waals surface area contributed by atoms with Gasteiger partial charge in [-0.15, -0.1) is 0 Å². The Morgan fingerprint density at radius 2 is 1.74 bits per heavy atom. The molecule has 2 aromatic carbocycles. The van der Waals surface area contributed by atoms with E-state index >= 15 is 0 Å². The van der Waals surface area contributed by atoms with E-state index in [4.69, 9.17) is 0 Å². The fraction of sp³-hybridized carbons (Fsp3) is 0.321. The normalized spacial score (nSPS) is 18.3. The molecule has 0 saturated carbocycles. The van der Waals surface area contributed by atoms with E-state index in [0.717, 1.165) is 59.7 Å². The number of para-hydroxylation sites is 1. The quantitative estimate of drug-likeness (QED) is 0.450. The molecule has 7 heteroatoms. The van der Waals surface area contributed by atoms with Gasteiger partial charge in [0.05, 0.1) is 4.91 Å². The second kappa shape index (κ2) is 10.1. The van der Waals surface area contributed by atoms with Crippen molar-refractivity contribution in [3.05, 3.63) is 76.8 Å². The maximum absolute atomic E-state index is 13.0. The van der Waals surface area contributed by atoms with Crippen LogP contribution in [0.5, 0.6) is 0 Å². The molecule has 0 radical (unpaired) electrons. The maximum atomic E-state index is 13.0. The lowest BCUT2D eigenvalue weighted by Gasteiger charge is -2.30. The SMILES string of the molecule is CC1CCN(C(=O)Cn2cc(/C=C3\SC(=O)N(CCc4ccccc4)C3=O)c3ccccc32)CC1. The minimum atomic E-state index is -0.258. The molecule has 0 unspecified atom stereocenters. The smallest absolute Gasteiger partial charge is 0.293 e. The van der Waals surface area contributed by atoms with Crippen molar-refractivity contribution in [2.24, 2.45) is 5.92 Å². The Balaban J connectivity index is 1.35. The van der Waals surface area contributed by atoms with Crippen molar-refractivity contribution in [1.82, 2.24) is 14.4 Å². The molecule has 0 spiro atoms. The number of imide groups is 1. The van der Waals surface area contributed by atoms with Crippen LogP contribution in [0.25, 0.3) is 17.0 Å². The Morgan fingerprint density at radius 3 is 2.51 bits per heavy atom. The number of hydrogen-bond acceptors (Lipinski definition) is 4. The summed E-state index contributed by atoms with van der Waals surface area (Å²) in [5, 5.41) is 0.721. The summed E-state index contributed by atoms with van der Waals surface area (Å²) in [7, 11) is 0. The molecule has 0 bridgehead atoms. The largest absolute Gasteiger partial charge is 0.341 e. The van der Waals surface area contributed by atoms with Gasteiger partial charge in [-0.3, -0.25) is 19.3 Å². The Kier molecular flexibility index (Phi) is 6.77. The second-order valence-electron chi connectivity index (χ2n) is 9.36. The van der Waals surface area contributed by atoms with Gasteiger partial charge in [0, 0.05) is 42.3 Å². The van der Waals surface area contributed by atoms with Gasteiger partial charge in [0.1, 0.15) is 6.54 Å². The van der Waals surface area contributed by atoms with Crippen LogP contribution in [0.15, 0.2) is 65.7 Å². The lowest BCUT2D eigenvalue weighted by Crippen LogP contribution is -2.39. The highest BCUT2D eigenvalue weighted by Gasteiger charge is 2.35. The molecule has 2 saturated heterocycles. The minimum Gasteiger partial charge on any atom is -0.341 e. The van der Waals surface area contributed by atoms with Crippen LogP contribution < -0.4 is 0 Å². The first-order valence-corrected chi connectivity index (χ1v) is 13.0. The van der Waals surface area contributed by atoms with Gasteiger partial charge in [0.15, 0.2) is 0 Å². The van der Waals surface area contributed by atoms with Crippen molar-refractivity contribution in [3.8, 4) is 0 Å². The van der Waals surface area contributed by atoms with E-state index < -0.39 is 0 Å². The molecule has 2 aliphatic heterocycles. The molecule has 6 nitrogen and oxygen atoms in total. The van der Waals surface area contributed by atoms with Gasteiger partial charge in [-0.1, -0.05) is 55.5 Å². The number of carbonyl (C=O) groups excluding carboxylic acids is 3. The van der Waals surface area contributed by atoms with Gasteiger partial charge in [0.25, 0.3) is 11.1 Å². The number of nitrogens with zero attached hydrogens (tertiary/aromatic N) is 3. The molecule has 3 amide bonds. The van der Waals surface area contributed by atoms with E-state index in [1.807, 2.05) is 70.3 Å². The molecule has 0 N–H and O–H groups in total. The average Bonchev–Trinajstić information content (AvgIpc) is 3.35. The Morgan fingerprint density at radius 1 is 1.03 bits per heavy atom. The third-order valence-corrected chi connectivity index (χ3v) is 7.80. The van der Waals surface area contributed by atoms with Crippen molar-refractivity contribution in [2.75, 3.05) is 19.6 Å². The predicted octanol–water partition coefficient (Wildman–Crippen LogP) is 5.18. The zero-order valence-electron chi connectivity index (χ0n) is 19.9. The lowest BCUT2D eigenvalue weighted by atomic mass is 9.99. The molecule has 180 valence electrons. The van der Waals surface area contributed by atoms with Crippen LogP contribution in [0.1, 0.15) is 30.9 Å². The van der Waals surface area contributed by atoms with Crippen LogP contribution in [-0.2, 0) is 22.6 Å². The number of thioether (sulfide) groups is 1. The Bertz CT molecular complexity index is 1290. The predicted molar refractivity (Wildman–Crippen MR) is 140 cm³/mol. The summed E-state index contributed by atoms with van der Waals surface area (Å²) in [5.41, 5.74) is 2.88. The average molecular weight is 488 g/mol. The molecule has 1 aromatic heterocycles. The first-order valence-electron chi connectivity index (χ1n) is 12.1. The summed E-state index contributed by atoms with van der Waals surface area (Å²) < 4.78 is 1.96. The molecule has 0 aliphatic carbocycles. The molecule has 5 rings (SSSR count). The number of likely N-dealkylation sites (tertiary alicyclic amines) is 1. The molecule has 2 fully saturated rings. The molecule has 2 aliphatic rings. The first kappa shape index (κ1) is 23.4. The minimum absolute atomic E-state index is 0.116. The number of benzene rings is 2. The van der Waals surface area contributed by atoms with Crippen LogP contribution in [0, 0.1) is 5.92 Å². The van der Waals surface area contributed by atoms with Gasteiger partial charge >= 0.3 is 0 Å². The number of aromatic nitrogens is 1. The van der Waals surface area contributed by atoms with Crippen LogP contribution in [0.4, 0.5) is 4.79 Å². The van der Waals surface area contributed by atoms with Gasteiger partial charge in [-0.05, 0) is 54.6 Å². The standard InChI is InChI=1S/C28H29N3O3S/c1-20-11-14-29(15-12-20)26(32)19-30-18-22(23-9-5-6-10-24(23)30)17-25-27(33)31(28(34)35-25)16-13-21-7-3-2-4-8-21/h2-10,17-18,20H,11-16,19H2,1H3/b25-17-. The highest BCUT2D eigenvalue weighted by atomic mass is 32.2. The van der Waals surface area contributed by atoms with Crippen LogP contribution in [0.3, 0.4) is 0 Å². The third kappa shape index (κ3) is 5.05. The molecule has 0 atom stereocenters. The second-order valence-corrected chi connectivity index (χ2v) is 10.4. The highest BCUT2D eigenvalue weighted by Crippen LogP contribution is 2.34. The van der Waals surface area contributed by atoms with E-state index in [1.54, 1.807) is 6.08 Å². The Hall–Kier alpha value is -3.32. The monoisotopic (exact) mass is 487 g/mol. The van der Waals surface area contributed by atoms with Crippen LogP contribution in [0.2, 0.25) is 0 Å². The fourth-order valence-electron chi connectivity index (χ4n) is 4.74. The molecule has 3 aromatic rings.